The van der Waals surface area contributed by atoms with Crippen molar-refractivity contribution in [3.63, 3.8) is 0 Å². The van der Waals surface area contributed by atoms with Crippen LogP contribution in [0.25, 0.3) is 0 Å². The summed E-state index contributed by atoms with van der Waals surface area (Å²) in [6.45, 7) is 8.51. The van der Waals surface area contributed by atoms with E-state index in [-0.39, 0.29) is 0 Å². The molecule has 0 radical (unpaired) electrons. The van der Waals surface area contributed by atoms with E-state index in [1.54, 1.807) is 0 Å². The molecule has 0 aliphatic rings. The van der Waals surface area contributed by atoms with Crippen molar-refractivity contribution in [2.75, 3.05) is 0 Å². The maximum absolute atomic E-state index is 4.49. The SMILES string of the molecule is CCCc1nc(C)nc(CCC)c1C. The van der Waals surface area contributed by atoms with Gasteiger partial charge in [-0.1, -0.05) is 26.7 Å². The second kappa shape index (κ2) is 5.08. The monoisotopic (exact) mass is 192 g/mol. The average molecular weight is 192 g/mol. The molecule has 0 saturated heterocycles. The quantitative estimate of drug-likeness (QED) is 0.733. The molecule has 0 spiro atoms. The zero-order chi connectivity index (χ0) is 10.6. The second-order valence-corrected chi connectivity index (χ2v) is 3.79. The van der Waals surface area contributed by atoms with Gasteiger partial charge in [0.2, 0.25) is 0 Å². The van der Waals surface area contributed by atoms with E-state index in [0.717, 1.165) is 31.5 Å². The van der Waals surface area contributed by atoms with Crippen molar-refractivity contribution < 1.29 is 0 Å². The van der Waals surface area contributed by atoms with E-state index >= 15 is 0 Å². The normalized spacial score (nSPS) is 10.6. The molecule has 78 valence electrons. The van der Waals surface area contributed by atoms with Gasteiger partial charge in [-0.15, -0.1) is 0 Å². The first-order valence-corrected chi connectivity index (χ1v) is 5.52. The maximum atomic E-state index is 4.49. The van der Waals surface area contributed by atoms with Gasteiger partial charge in [-0.05, 0) is 32.3 Å². The first kappa shape index (κ1) is 11.2. The largest absolute Gasteiger partial charge is 0.238 e. The summed E-state index contributed by atoms with van der Waals surface area (Å²) in [5, 5.41) is 0. The number of hydrogen-bond donors (Lipinski definition) is 0. The van der Waals surface area contributed by atoms with Crippen LogP contribution in [-0.2, 0) is 12.8 Å². The van der Waals surface area contributed by atoms with Crippen LogP contribution >= 0.6 is 0 Å². The molecule has 2 nitrogen and oxygen atoms in total. The topological polar surface area (TPSA) is 25.8 Å². The second-order valence-electron chi connectivity index (χ2n) is 3.79. The summed E-state index contributed by atoms with van der Waals surface area (Å²) < 4.78 is 0. The van der Waals surface area contributed by atoms with Crippen LogP contribution in [0.4, 0.5) is 0 Å². The highest BCUT2D eigenvalue weighted by atomic mass is 14.9. The molecule has 1 aromatic heterocycles. The Kier molecular flexibility index (Phi) is 4.05. The van der Waals surface area contributed by atoms with Crippen molar-refractivity contribution in [2.24, 2.45) is 0 Å². The molecule has 0 fully saturated rings. The lowest BCUT2D eigenvalue weighted by molar-refractivity contribution is 0.793. The summed E-state index contributed by atoms with van der Waals surface area (Å²) in [5.41, 5.74) is 3.78. The lowest BCUT2D eigenvalue weighted by atomic mass is 10.1. The van der Waals surface area contributed by atoms with E-state index < -0.39 is 0 Å². The Labute approximate surface area is 86.8 Å². The Bertz CT molecular complexity index is 278. The Morgan fingerprint density at radius 1 is 0.857 bits per heavy atom. The molecule has 0 aromatic carbocycles. The summed E-state index contributed by atoms with van der Waals surface area (Å²) in [6.07, 6.45) is 4.46. The molecule has 0 atom stereocenters. The molecular formula is C12H20N2. The van der Waals surface area contributed by atoms with E-state index in [0.29, 0.717) is 0 Å². The molecule has 1 aromatic rings. The summed E-state index contributed by atoms with van der Waals surface area (Å²) in [7, 11) is 0. The maximum Gasteiger partial charge on any atom is 0.125 e. The molecule has 0 amide bonds. The van der Waals surface area contributed by atoms with Crippen LogP contribution in [0.15, 0.2) is 0 Å². The van der Waals surface area contributed by atoms with Crippen molar-refractivity contribution in [2.45, 2.75) is 53.4 Å². The van der Waals surface area contributed by atoms with Gasteiger partial charge < -0.3 is 0 Å². The number of aryl methyl sites for hydroxylation is 3. The van der Waals surface area contributed by atoms with E-state index in [4.69, 9.17) is 0 Å². The zero-order valence-electron chi connectivity index (χ0n) is 9.72. The van der Waals surface area contributed by atoms with Crippen molar-refractivity contribution in [3.05, 3.63) is 22.8 Å². The number of aromatic nitrogens is 2. The molecule has 0 bridgehead atoms. The predicted octanol–water partition coefficient (Wildman–Crippen LogP) is 3.00. The van der Waals surface area contributed by atoms with Gasteiger partial charge in [0.05, 0.1) is 0 Å². The minimum Gasteiger partial charge on any atom is -0.238 e. The predicted molar refractivity (Wildman–Crippen MR) is 59.5 cm³/mol. The van der Waals surface area contributed by atoms with Gasteiger partial charge in [0.15, 0.2) is 0 Å². The van der Waals surface area contributed by atoms with Crippen LogP contribution in [0, 0.1) is 13.8 Å². The average Bonchev–Trinajstić information content (AvgIpc) is 2.14. The third kappa shape index (κ3) is 2.53. The van der Waals surface area contributed by atoms with E-state index in [1.807, 2.05) is 6.92 Å². The van der Waals surface area contributed by atoms with Crippen molar-refractivity contribution in [1.29, 1.82) is 0 Å². The Morgan fingerprint density at radius 2 is 1.29 bits per heavy atom. The van der Waals surface area contributed by atoms with Gasteiger partial charge in [0.25, 0.3) is 0 Å². The van der Waals surface area contributed by atoms with Crippen LogP contribution in [0.1, 0.15) is 49.5 Å². The fraction of sp³-hybridized carbons (Fsp3) is 0.667. The Balaban J connectivity index is 3.04. The third-order valence-electron chi connectivity index (χ3n) is 2.43. The van der Waals surface area contributed by atoms with Crippen molar-refractivity contribution in [1.82, 2.24) is 9.97 Å². The Hall–Kier alpha value is -0.920. The summed E-state index contributed by atoms with van der Waals surface area (Å²) >= 11 is 0. The summed E-state index contributed by atoms with van der Waals surface area (Å²) in [5.74, 6) is 0.919. The molecule has 14 heavy (non-hydrogen) atoms. The van der Waals surface area contributed by atoms with E-state index in [1.165, 1.54) is 17.0 Å². The lowest BCUT2D eigenvalue weighted by Crippen LogP contribution is -2.05. The molecule has 0 saturated carbocycles. The number of hydrogen-bond acceptors (Lipinski definition) is 2. The minimum absolute atomic E-state index is 0.919. The van der Waals surface area contributed by atoms with Crippen molar-refractivity contribution >= 4 is 0 Å². The first-order valence-electron chi connectivity index (χ1n) is 5.52. The van der Waals surface area contributed by atoms with Crippen LogP contribution < -0.4 is 0 Å². The highest BCUT2D eigenvalue weighted by Gasteiger charge is 2.07. The van der Waals surface area contributed by atoms with Crippen LogP contribution in [0.2, 0.25) is 0 Å². The van der Waals surface area contributed by atoms with Gasteiger partial charge in [-0.2, -0.15) is 0 Å². The highest BCUT2D eigenvalue weighted by molar-refractivity contribution is 5.24. The molecular weight excluding hydrogens is 172 g/mol. The van der Waals surface area contributed by atoms with E-state index in [2.05, 4.69) is 30.7 Å². The zero-order valence-corrected chi connectivity index (χ0v) is 9.72. The van der Waals surface area contributed by atoms with Gasteiger partial charge in [0.1, 0.15) is 5.82 Å². The molecule has 1 rings (SSSR count). The van der Waals surface area contributed by atoms with Gasteiger partial charge in [-0.3, -0.25) is 0 Å². The lowest BCUT2D eigenvalue weighted by Gasteiger charge is -2.09. The number of rotatable bonds is 4. The Morgan fingerprint density at radius 3 is 1.64 bits per heavy atom. The third-order valence-corrected chi connectivity index (χ3v) is 2.43. The van der Waals surface area contributed by atoms with Crippen molar-refractivity contribution in [3.8, 4) is 0 Å². The summed E-state index contributed by atoms with van der Waals surface area (Å²) in [4.78, 5) is 8.99. The van der Waals surface area contributed by atoms with Crippen LogP contribution in [-0.4, -0.2) is 9.97 Å². The minimum atomic E-state index is 0.919. The summed E-state index contributed by atoms with van der Waals surface area (Å²) in [6, 6.07) is 0. The highest BCUT2D eigenvalue weighted by Crippen LogP contribution is 2.13. The molecule has 0 unspecified atom stereocenters. The van der Waals surface area contributed by atoms with Crippen LogP contribution in [0.3, 0.4) is 0 Å². The molecule has 1 heterocycles. The molecule has 2 heteroatoms. The van der Waals surface area contributed by atoms with Gasteiger partial charge in [-0.25, -0.2) is 9.97 Å². The van der Waals surface area contributed by atoms with Gasteiger partial charge in [0, 0.05) is 11.4 Å². The fourth-order valence-electron chi connectivity index (χ4n) is 1.71. The van der Waals surface area contributed by atoms with E-state index in [9.17, 15) is 0 Å². The fourth-order valence-corrected chi connectivity index (χ4v) is 1.71. The number of nitrogens with zero attached hydrogens (tertiary/aromatic N) is 2. The standard InChI is InChI=1S/C12H20N2/c1-5-7-11-9(3)12(8-6-2)14-10(4)13-11/h5-8H2,1-4H3. The molecule has 0 aliphatic carbocycles. The molecule has 0 aliphatic heterocycles. The molecule has 0 N–H and O–H groups in total. The van der Waals surface area contributed by atoms with Crippen LogP contribution in [0.5, 0.6) is 0 Å². The smallest absolute Gasteiger partial charge is 0.125 e. The first-order chi connectivity index (χ1) is 6.69. The van der Waals surface area contributed by atoms with Gasteiger partial charge >= 0.3 is 0 Å².